The molecule has 0 unspecified atom stereocenters. The number of nitrogens with one attached hydrogen (secondary N) is 7. The van der Waals surface area contributed by atoms with Crippen LogP contribution in [0.25, 0.3) is 0 Å². The molecule has 0 spiro atoms. The van der Waals surface area contributed by atoms with Crippen molar-refractivity contribution in [3.8, 4) is 0 Å². The molecule has 0 rings (SSSR count). The molecule has 7 N–H and O–H groups in total. The third-order valence-corrected chi connectivity index (χ3v) is 3.90. The van der Waals surface area contributed by atoms with E-state index in [1.54, 1.807) is 0 Å². The van der Waals surface area contributed by atoms with Gasteiger partial charge in [0.2, 0.25) is 41.4 Å². The van der Waals surface area contributed by atoms with Gasteiger partial charge in [-0.2, -0.15) is 0 Å². The van der Waals surface area contributed by atoms with Gasteiger partial charge in [0.25, 0.3) is 0 Å². The Labute approximate surface area is 185 Å². The van der Waals surface area contributed by atoms with Crippen LogP contribution in [0.2, 0.25) is 0 Å². The average molecular weight is 457 g/mol. The number of likely N-dealkylation sites (N-methyl/N-ethyl adjacent to an activating group) is 1. The summed E-state index contributed by atoms with van der Waals surface area (Å²) in [5.74, 6) is -3.92. The van der Waals surface area contributed by atoms with E-state index in [0.717, 1.165) is 0 Å². The van der Waals surface area contributed by atoms with Crippen molar-refractivity contribution in [2.75, 3.05) is 26.7 Å². The number of carbonyl (C=O) groups is 7. The van der Waals surface area contributed by atoms with E-state index >= 15 is 0 Å². The molecule has 0 bridgehead atoms. The predicted octanol–water partition coefficient (Wildman–Crippen LogP) is -4.38. The Bertz CT molecular complexity index is 741. The lowest BCUT2D eigenvalue weighted by Gasteiger charge is -2.17. The highest BCUT2D eigenvalue weighted by atomic mass is 16.2. The van der Waals surface area contributed by atoms with Gasteiger partial charge in [-0.05, 0) is 20.8 Å². The second-order valence-corrected chi connectivity index (χ2v) is 6.83. The molecule has 14 nitrogen and oxygen atoms in total. The summed E-state index contributed by atoms with van der Waals surface area (Å²) in [5.41, 5.74) is 0. The Morgan fingerprint density at radius 2 is 0.875 bits per heavy atom. The third-order valence-electron chi connectivity index (χ3n) is 3.90. The minimum atomic E-state index is -1.01. The fourth-order valence-corrected chi connectivity index (χ4v) is 2.14. The van der Waals surface area contributed by atoms with Crippen molar-refractivity contribution in [3.05, 3.63) is 0 Å². The zero-order valence-corrected chi connectivity index (χ0v) is 18.7. The van der Waals surface area contributed by atoms with Gasteiger partial charge in [0.05, 0.1) is 19.6 Å². The molecule has 14 heteroatoms. The number of hydrogen-bond donors (Lipinski definition) is 7. The van der Waals surface area contributed by atoms with E-state index in [1.165, 1.54) is 34.7 Å². The normalized spacial score (nSPS) is 12.8. The minimum absolute atomic E-state index is 0.240. The molecule has 0 heterocycles. The Morgan fingerprint density at radius 3 is 1.19 bits per heavy atom. The maximum Gasteiger partial charge on any atom is 0.242 e. The minimum Gasteiger partial charge on any atom is -0.358 e. The Kier molecular flexibility index (Phi) is 12.7. The lowest BCUT2D eigenvalue weighted by atomic mass is 10.3. The third kappa shape index (κ3) is 12.1. The lowest BCUT2D eigenvalue weighted by Crippen LogP contribution is -2.52. The molecule has 0 aromatic rings. The maximum atomic E-state index is 12.0. The van der Waals surface area contributed by atoms with E-state index < -0.39 is 72.6 Å². The Morgan fingerprint density at radius 1 is 0.562 bits per heavy atom. The van der Waals surface area contributed by atoms with Crippen LogP contribution in [-0.4, -0.2) is 86.2 Å². The molecular formula is C18H31N7O7. The first-order chi connectivity index (χ1) is 14.9. The molecule has 0 saturated carbocycles. The van der Waals surface area contributed by atoms with Crippen LogP contribution >= 0.6 is 0 Å². The summed E-state index contributed by atoms with van der Waals surface area (Å²) >= 11 is 0. The van der Waals surface area contributed by atoms with Crippen LogP contribution in [0.5, 0.6) is 0 Å². The van der Waals surface area contributed by atoms with Crippen molar-refractivity contribution in [1.29, 1.82) is 0 Å². The van der Waals surface area contributed by atoms with Crippen molar-refractivity contribution < 1.29 is 33.6 Å². The van der Waals surface area contributed by atoms with E-state index in [-0.39, 0.29) is 6.54 Å². The van der Waals surface area contributed by atoms with E-state index in [9.17, 15) is 33.6 Å². The summed E-state index contributed by atoms with van der Waals surface area (Å²) in [6, 6.07) is -2.77. The molecule has 0 aliphatic heterocycles. The molecule has 7 amide bonds. The standard InChI is InChI=1S/C18H31N7O7/c1-9(23-12(4)26)16(30)21-7-14(28)25-11(3)18(32)22-8-15(29)24-10(2)17(31)20-6-13(27)19-5/h9-11H,6-8H2,1-5H3,(H,19,27)(H,20,31)(H,21,30)(H,22,32)(H,23,26)(H,24,29)(H,25,28)/t9-,10-,11-/m0/s1. The Hall–Kier alpha value is -3.71. The molecule has 180 valence electrons. The van der Waals surface area contributed by atoms with Gasteiger partial charge in [-0.3, -0.25) is 33.6 Å². The summed E-state index contributed by atoms with van der Waals surface area (Å²) < 4.78 is 0. The molecule has 0 aliphatic rings. The van der Waals surface area contributed by atoms with Crippen molar-refractivity contribution in [3.63, 3.8) is 0 Å². The second-order valence-electron chi connectivity index (χ2n) is 6.83. The topological polar surface area (TPSA) is 204 Å². The van der Waals surface area contributed by atoms with Crippen molar-refractivity contribution in [1.82, 2.24) is 37.2 Å². The summed E-state index contributed by atoms with van der Waals surface area (Å²) in [4.78, 5) is 81.2. The van der Waals surface area contributed by atoms with Gasteiger partial charge in [0.1, 0.15) is 18.1 Å². The molecule has 0 aromatic carbocycles. The zero-order valence-electron chi connectivity index (χ0n) is 18.7. The summed E-state index contributed by atoms with van der Waals surface area (Å²) in [7, 11) is 1.41. The number of amides is 7. The quantitative estimate of drug-likeness (QED) is 0.153. The van der Waals surface area contributed by atoms with Gasteiger partial charge in [0.15, 0.2) is 0 Å². The van der Waals surface area contributed by atoms with E-state index in [2.05, 4.69) is 37.2 Å². The number of rotatable bonds is 12. The monoisotopic (exact) mass is 457 g/mol. The highest BCUT2D eigenvalue weighted by Crippen LogP contribution is 1.86. The first kappa shape index (κ1) is 28.3. The first-order valence-electron chi connectivity index (χ1n) is 9.76. The van der Waals surface area contributed by atoms with Crippen molar-refractivity contribution in [2.45, 2.75) is 45.8 Å². The second kappa shape index (κ2) is 14.3. The Balaban J connectivity index is 4.28. The molecule has 3 atom stereocenters. The lowest BCUT2D eigenvalue weighted by molar-refractivity contribution is -0.132. The van der Waals surface area contributed by atoms with Crippen molar-refractivity contribution >= 4 is 41.4 Å². The highest BCUT2D eigenvalue weighted by molar-refractivity contribution is 5.94. The van der Waals surface area contributed by atoms with Crippen LogP contribution in [-0.2, 0) is 33.6 Å². The number of hydrogen-bond acceptors (Lipinski definition) is 7. The van der Waals surface area contributed by atoms with Gasteiger partial charge >= 0.3 is 0 Å². The van der Waals surface area contributed by atoms with Crippen LogP contribution < -0.4 is 37.2 Å². The molecule has 32 heavy (non-hydrogen) atoms. The fourth-order valence-electron chi connectivity index (χ4n) is 2.14. The predicted molar refractivity (Wildman–Crippen MR) is 112 cm³/mol. The van der Waals surface area contributed by atoms with Crippen LogP contribution in [0, 0.1) is 0 Å². The van der Waals surface area contributed by atoms with Crippen LogP contribution in [0.1, 0.15) is 27.7 Å². The van der Waals surface area contributed by atoms with E-state index in [1.807, 2.05) is 0 Å². The molecular weight excluding hydrogens is 426 g/mol. The van der Waals surface area contributed by atoms with Crippen LogP contribution in [0.3, 0.4) is 0 Å². The summed E-state index contributed by atoms with van der Waals surface area (Å²) in [6.45, 7) is 4.38. The average Bonchev–Trinajstić information content (AvgIpc) is 2.72. The van der Waals surface area contributed by atoms with Gasteiger partial charge < -0.3 is 37.2 Å². The van der Waals surface area contributed by atoms with E-state index in [4.69, 9.17) is 0 Å². The first-order valence-corrected chi connectivity index (χ1v) is 9.76. The van der Waals surface area contributed by atoms with Gasteiger partial charge in [-0.1, -0.05) is 0 Å². The molecule has 0 fully saturated rings. The molecule has 0 aliphatic carbocycles. The molecule has 0 radical (unpaired) electrons. The molecule has 0 aromatic heterocycles. The largest absolute Gasteiger partial charge is 0.358 e. The SMILES string of the molecule is CNC(=O)CNC(=O)[C@H](C)NC(=O)CNC(=O)[C@H](C)NC(=O)CNC(=O)[C@H](C)NC(C)=O. The summed E-state index contributed by atoms with van der Waals surface area (Å²) in [5, 5.41) is 16.3. The highest BCUT2D eigenvalue weighted by Gasteiger charge is 2.20. The molecule has 0 saturated heterocycles. The number of carbonyl (C=O) groups excluding carboxylic acids is 7. The fraction of sp³-hybridized carbons (Fsp3) is 0.611. The van der Waals surface area contributed by atoms with Crippen LogP contribution in [0.4, 0.5) is 0 Å². The maximum absolute atomic E-state index is 12.0. The van der Waals surface area contributed by atoms with Gasteiger partial charge in [-0.15, -0.1) is 0 Å². The van der Waals surface area contributed by atoms with E-state index in [0.29, 0.717) is 0 Å². The van der Waals surface area contributed by atoms with Crippen LogP contribution in [0.15, 0.2) is 0 Å². The zero-order chi connectivity index (χ0) is 24.8. The van der Waals surface area contributed by atoms with Gasteiger partial charge in [-0.25, -0.2) is 0 Å². The summed E-state index contributed by atoms with van der Waals surface area (Å²) in [6.07, 6.45) is 0. The smallest absolute Gasteiger partial charge is 0.242 e. The van der Waals surface area contributed by atoms with Gasteiger partial charge in [0, 0.05) is 14.0 Å². The van der Waals surface area contributed by atoms with Crippen molar-refractivity contribution in [2.24, 2.45) is 0 Å².